The zero-order valence-corrected chi connectivity index (χ0v) is 12.8. The van der Waals surface area contributed by atoms with Gasteiger partial charge in [-0.2, -0.15) is 0 Å². The van der Waals surface area contributed by atoms with Crippen molar-refractivity contribution >= 4 is 0 Å². The third-order valence-electron chi connectivity index (χ3n) is 5.35. The Hall–Kier alpha value is -0.940. The van der Waals surface area contributed by atoms with Crippen molar-refractivity contribution in [2.45, 2.75) is 69.6 Å². The summed E-state index contributed by atoms with van der Waals surface area (Å²) in [5, 5.41) is 12.2. The molecule has 2 aliphatic carbocycles. The fourth-order valence-electron chi connectivity index (χ4n) is 3.89. The van der Waals surface area contributed by atoms with Crippen molar-refractivity contribution in [3.63, 3.8) is 0 Å². The third kappa shape index (κ3) is 3.14. The van der Waals surface area contributed by atoms with Crippen LogP contribution in [0.15, 0.2) is 6.20 Å². The molecule has 0 amide bonds. The minimum atomic E-state index is 0.152. The van der Waals surface area contributed by atoms with E-state index in [1.807, 2.05) is 0 Å². The summed E-state index contributed by atoms with van der Waals surface area (Å²) < 4.78 is 8.20. The van der Waals surface area contributed by atoms with Gasteiger partial charge in [0.25, 0.3) is 0 Å². The van der Waals surface area contributed by atoms with Crippen LogP contribution >= 0.6 is 0 Å². The molecule has 5 heteroatoms. The highest BCUT2D eigenvalue weighted by atomic mass is 16.5. The van der Waals surface area contributed by atoms with Gasteiger partial charge in [-0.05, 0) is 51.0 Å². The lowest BCUT2D eigenvalue weighted by atomic mass is 9.89. The Balaban J connectivity index is 1.35. The maximum Gasteiger partial charge on any atom is 0.0964 e. The molecule has 2 heterocycles. The number of hydrogen-bond donors (Lipinski definition) is 1. The molecule has 0 aromatic carbocycles. The molecule has 1 unspecified atom stereocenters. The molecule has 21 heavy (non-hydrogen) atoms. The molecule has 1 atom stereocenters. The third-order valence-corrected chi connectivity index (χ3v) is 5.35. The molecule has 1 saturated heterocycles. The Morgan fingerprint density at radius 2 is 2.14 bits per heavy atom. The van der Waals surface area contributed by atoms with Gasteiger partial charge in [0.1, 0.15) is 0 Å². The van der Waals surface area contributed by atoms with Crippen molar-refractivity contribution in [3.05, 3.63) is 11.9 Å². The quantitative estimate of drug-likeness (QED) is 0.905. The summed E-state index contributed by atoms with van der Waals surface area (Å²) in [6, 6.07) is 0.474. The predicted octanol–water partition coefficient (Wildman–Crippen LogP) is 2.44. The lowest BCUT2D eigenvalue weighted by Gasteiger charge is -2.38. The molecule has 3 fully saturated rings. The van der Waals surface area contributed by atoms with E-state index in [-0.39, 0.29) is 5.60 Å². The average molecular weight is 290 g/mol. The Morgan fingerprint density at radius 1 is 1.29 bits per heavy atom. The number of aromatic nitrogens is 3. The van der Waals surface area contributed by atoms with Gasteiger partial charge in [-0.1, -0.05) is 18.1 Å². The number of nitrogens with zero attached hydrogens (tertiary/aromatic N) is 3. The van der Waals surface area contributed by atoms with Crippen LogP contribution < -0.4 is 5.32 Å². The van der Waals surface area contributed by atoms with Gasteiger partial charge in [0, 0.05) is 13.2 Å². The fourth-order valence-corrected chi connectivity index (χ4v) is 3.89. The molecule has 1 spiro atoms. The van der Waals surface area contributed by atoms with Crippen molar-refractivity contribution in [1.82, 2.24) is 20.3 Å². The summed E-state index contributed by atoms with van der Waals surface area (Å²) >= 11 is 0. The van der Waals surface area contributed by atoms with Gasteiger partial charge in [-0.15, -0.1) is 5.10 Å². The smallest absolute Gasteiger partial charge is 0.0964 e. The summed E-state index contributed by atoms with van der Waals surface area (Å²) in [5.74, 6) is 0.915. The first-order valence-corrected chi connectivity index (χ1v) is 8.58. The van der Waals surface area contributed by atoms with E-state index in [1.165, 1.54) is 38.5 Å². The maximum atomic E-state index is 6.11. The molecule has 2 saturated carbocycles. The van der Waals surface area contributed by atoms with E-state index < -0.39 is 0 Å². The molecular formula is C16H26N4O. The molecule has 0 bridgehead atoms. The highest BCUT2D eigenvalue weighted by Gasteiger charge is 2.40. The average Bonchev–Trinajstić information content (AvgIpc) is 3.02. The molecule has 4 rings (SSSR count). The Labute approximate surface area is 126 Å². The van der Waals surface area contributed by atoms with Crippen LogP contribution in [0.2, 0.25) is 0 Å². The standard InChI is InChI=1S/C16H26N4O/c1-2-7-16(6-1)9-15(5-8-21-16)20-12-14(18-19-20)11-17-10-13-3-4-13/h12-13,15,17H,1-11H2. The van der Waals surface area contributed by atoms with Crippen LogP contribution in [0.25, 0.3) is 0 Å². The fraction of sp³-hybridized carbons (Fsp3) is 0.875. The number of ether oxygens (including phenoxy) is 1. The van der Waals surface area contributed by atoms with E-state index in [0.717, 1.165) is 44.1 Å². The number of rotatable bonds is 5. The Kier molecular flexibility index (Phi) is 3.71. The van der Waals surface area contributed by atoms with Crippen LogP contribution in [-0.4, -0.2) is 33.7 Å². The first-order chi connectivity index (χ1) is 10.3. The van der Waals surface area contributed by atoms with Gasteiger partial charge < -0.3 is 10.1 Å². The van der Waals surface area contributed by atoms with Crippen molar-refractivity contribution in [3.8, 4) is 0 Å². The van der Waals surface area contributed by atoms with Crippen molar-refractivity contribution in [1.29, 1.82) is 0 Å². The van der Waals surface area contributed by atoms with E-state index >= 15 is 0 Å². The van der Waals surface area contributed by atoms with E-state index in [0.29, 0.717) is 6.04 Å². The maximum absolute atomic E-state index is 6.11. The second kappa shape index (κ2) is 5.69. The van der Waals surface area contributed by atoms with E-state index in [1.54, 1.807) is 0 Å². The number of nitrogens with one attached hydrogen (secondary N) is 1. The van der Waals surface area contributed by atoms with E-state index in [2.05, 4.69) is 26.5 Å². The molecule has 3 aliphatic rings. The molecule has 116 valence electrons. The van der Waals surface area contributed by atoms with Crippen LogP contribution in [0.1, 0.15) is 63.1 Å². The second-order valence-electron chi connectivity index (χ2n) is 7.15. The monoisotopic (exact) mass is 290 g/mol. The number of hydrogen-bond acceptors (Lipinski definition) is 4. The molecule has 5 nitrogen and oxygen atoms in total. The Bertz CT molecular complexity index is 476. The summed E-state index contributed by atoms with van der Waals surface area (Å²) in [6.45, 7) is 2.86. The van der Waals surface area contributed by atoms with Crippen LogP contribution in [0, 0.1) is 5.92 Å². The molecule has 1 aromatic heterocycles. The first kappa shape index (κ1) is 13.7. The topological polar surface area (TPSA) is 52.0 Å². The molecule has 1 aliphatic heterocycles. The minimum absolute atomic E-state index is 0.152. The van der Waals surface area contributed by atoms with Crippen LogP contribution in [0.4, 0.5) is 0 Å². The van der Waals surface area contributed by atoms with Crippen LogP contribution in [0.3, 0.4) is 0 Å². The predicted molar refractivity (Wildman–Crippen MR) is 79.9 cm³/mol. The summed E-state index contributed by atoms with van der Waals surface area (Å²) in [4.78, 5) is 0. The van der Waals surface area contributed by atoms with Gasteiger partial charge in [-0.25, -0.2) is 4.68 Å². The van der Waals surface area contributed by atoms with Gasteiger partial charge in [-0.3, -0.25) is 0 Å². The van der Waals surface area contributed by atoms with Crippen LogP contribution in [0.5, 0.6) is 0 Å². The van der Waals surface area contributed by atoms with Crippen molar-refractivity contribution < 1.29 is 4.74 Å². The van der Waals surface area contributed by atoms with Gasteiger partial charge in [0.2, 0.25) is 0 Å². The zero-order chi connectivity index (χ0) is 14.1. The van der Waals surface area contributed by atoms with Gasteiger partial charge in [0.05, 0.1) is 23.5 Å². The lowest BCUT2D eigenvalue weighted by molar-refractivity contribution is -0.0911. The highest BCUT2D eigenvalue weighted by molar-refractivity contribution is 4.97. The molecule has 1 N–H and O–H groups in total. The minimum Gasteiger partial charge on any atom is -0.375 e. The lowest BCUT2D eigenvalue weighted by Crippen LogP contribution is -2.38. The molecule has 0 radical (unpaired) electrons. The van der Waals surface area contributed by atoms with Gasteiger partial charge in [0.15, 0.2) is 0 Å². The SMILES string of the molecule is c1c(CNCC2CC2)nnn1C1CCOC2(CCCC2)C1. The van der Waals surface area contributed by atoms with Crippen molar-refractivity contribution in [2.24, 2.45) is 5.92 Å². The van der Waals surface area contributed by atoms with E-state index in [4.69, 9.17) is 4.74 Å². The summed E-state index contributed by atoms with van der Waals surface area (Å²) in [7, 11) is 0. The van der Waals surface area contributed by atoms with Crippen LogP contribution in [-0.2, 0) is 11.3 Å². The zero-order valence-electron chi connectivity index (χ0n) is 12.8. The molecule has 1 aromatic rings. The normalized spacial score (nSPS) is 28.3. The first-order valence-electron chi connectivity index (χ1n) is 8.58. The highest BCUT2D eigenvalue weighted by Crippen LogP contribution is 2.43. The second-order valence-corrected chi connectivity index (χ2v) is 7.15. The summed E-state index contributed by atoms with van der Waals surface area (Å²) in [6.07, 6.45) is 12.2. The largest absolute Gasteiger partial charge is 0.375 e. The summed E-state index contributed by atoms with van der Waals surface area (Å²) in [5.41, 5.74) is 1.22. The van der Waals surface area contributed by atoms with Crippen molar-refractivity contribution in [2.75, 3.05) is 13.2 Å². The Morgan fingerprint density at radius 3 is 2.95 bits per heavy atom. The molecular weight excluding hydrogens is 264 g/mol. The van der Waals surface area contributed by atoms with Gasteiger partial charge >= 0.3 is 0 Å². The van der Waals surface area contributed by atoms with E-state index in [9.17, 15) is 0 Å².